The van der Waals surface area contributed by atoms with Gasteiger partial charge in [-0.2, -0.15) is 0 Å². The molecule has 1 N–H and O–H groups in total. The van der Waals surface area contributed by atoms with Crippen LogP contribution in [-0.4, -0.2) is 45.4 Å². The number of amides is 1. The maximum Gasteiger partial charge on any atom is 0.338 e. The fraction of sp³-hybridized carbons (Fsp3) is 0.333. The van der Waals surface area contributed by atoms with Crippen LogP contribution in [0.15, 0.2) is 42.5 Å². The highest BCUT2D eigenvalue weighted by Crippen LogP contribution is 2.40. The molecular formula is C21H23NO6. The van der Waals surface area contributed by atoms with Crippen molar-refractivity contribution in [1.29, 1.82) is 0 Å². The zero-order valence-corrected chi connectivity index (χ0v) is 15.7. The van der Waals surface area contributed by atoms with Gasteiger partial charge in [0.05, 0.1) is 12.7 Å². The van der Waals surface area contributed by atoms with Crippen LogP contribution in [0.25, 0.3) is 0 Å². The Morgan fingerprint density at radius 2 is 1.89 bits per heavy atom. The fourth-order valence-corrected chi connectivity index (χ4v) is 2.82. The molecule has 3 rings (SSSR count). The molecule has 0 radical (unpaired) electrons. The number of benzene rings is 2. The molecule has 0 aromatic heterocycles. The Kier molecular flexibility index (Phi) is 6.73. The van der Waals surface area contributed by atoms with Crippen LogP contribution in [0.2, 0.25) is 0 Å². The van der Waals surface area contributed by atoms with Crippen molar-refractivity contribution in [1.82, 2.24) is 5.32 Å². The number of fused-ring (bicyclic) bond motifs is 1. The number of hydrogen-bond donors (Lipinski definition) is 1. The van der Waals surface area contributed by atoms with Crippen LogP contribution < -0.4 is 19.5 Å². The number of aryl methyl sites for hydroxylation is 1. The molecule has 1 aliphatic heterocycles. The van der Waals surface area contributed by atoms with Crippen LogP contribution in [0.4, 0.5) is 0 Å². The Morgan fingerprint density at radius 1 is 1.11 bits per heavy atom. The van der Waals surface area contributed by atoms with Crippen molar-refractivity contribution in [2.75, 3.05) is 33.5 Å². The molecular weight excluding hydrogens is 362 g/mol. The number of ether oxygens (including phenoxy) is 4. The van der Waals surface area contributed by atoms with E-state index in [0.29, 0.717) is 37.0 Å². The molecule has 0 unspecified atom stereocenters. The zero-order chi connectivity index (χ0) is 19.8. The van der Waals surface area contributed by atoms with Gasteiger partial charge in [-0.1, -0.05) is 30.3 Å². The predicted molar refractivity (Wildman–Crippen MR) is 102 cm³/mol. The number of carbonyl (C=O) groups excluding carboxylic acids is 2. The van der Waals surface area contributed by atoms with Gasteiger partial charge >= 0.3 is 5.97 Å². The molecule has 0 saturated heterocycles. The molecule has 7 heteroatoms. The third-order valence-electron chi connectivity index (χ3n) is 4.21. The van der Waals surface area contributed by atoms with E-state index in [1.807, 2.05) is 30.3 Å². The normalized spacial score (nSPS) is 12.2. The summed E-state index contributed by atoms with van der Waals surface area (Å²) in [6.45, 7) is 0.974. The molecule has 1 heterocycles. The van der Waals surface area contributed by atoms with Gasteiger partial charge in [-0.3, -0.25) is 4.79 Å². The number of hydrogen-bond acceptors (Lipinski definition) is 6. The molecule has 0 atom stereocenters. The van der Waals surface area contributed by atoms with Gasteiger partial charge in [0.25, 0.3) is 5.91 Å². The minimum Gasteiger partial charge on any atom is -0.493 e. The van der Waals surface area contributed by atoms with Gasteiger partial charge in [0.15, 0.2) is 18.1 Å². The first-order valence-corrected chi connectivity index (χ1v) is 9.13. The molecule has 2 aromatic rings. The third kappa shape index (κ3) is 5.16. The Balaban J connectivity index is 1.45. The van der Waals surface area contributed by atoms with Crippen LogP contribution in [-0.2, 0) is 16.0 Å². The number of nitrogens with one attached hydrogen (secondary N) is 1. The first kappa shape index (κ1) is 19.5. The quantitative estimate of drug-likeness (QED) is 0.555. The minimum absolute atomic E-state index is 0.234. The highest BCUT2D eigenvalue weighted by molar-refractivity contribution is 5.92. The maximum atomic E-state index is 12.3. The van der Waals surface area contributed by atoms with Crippen molar-refractivity contribution in [3.05, 3.63) is 53.6 Å². The Labute approximate surface area is 163 Å². The van der Waals surface area contributed by atoms with Gasteiger partial charge in [-0.15, -0.1) is 0 Å². The van der Waals surface area contributed by atoms with E-state index in [2.05, 4.69) is 5.32 Å². The van der Waals surface area contributed by atoms with Gasteiger partial charge in [-0.25, -0.2) is 4.79 Å². The van der Waals surface area contributed by atoms with Crippen LogP contribution in [0, 0.1) is 0 Å². The Hall–Kier alpha value is -3.22. The second kappa shape index (κ2) is 9.64. The van der Waals surface area contributed by atoms with E-state index >= 15 is 0 Å². The summed E-state index contributed by atoms with van der Waals surface area (Å²) in [7, 11) is 1.48. The first-order chi connectivity index (χ1) is 13.7. The number of carbonyl (C=O) groups is 2. The summed E-state index contributed by atoms with van der Waals surface area (Å²) in [6.07, 6.45) is 1.68. The highest BCUT2D eigenvalue weighted by Gasteiger charge is 2.21. The van der Waals surface area contributed by atoms with E-state index in [1.54, 1.807) is 0 Å². The molecule has 1 amide bonds. The van der Waals surface area contributed by atoms with Crippen molar-refractivity contribution in [2.45, 2.75) is 12.8 Å². The Bertz CT molecular complexity index is 804. The van der Waals surface area contributed by atoms with Gasteiger partial charge in [0, 0.05) is 6.54 Å². The molecule has 0 bridgehead atoms. The fourth-order valence-electron chi connectivity index (χ4n) is 2.82. The van der Waals surface area contributed by atoms with Gasteiger partial charge in [-0.05, 0) is 30.5 Å². The van der Waals surface area contributed by atoms with Crippen molar-refractivity contribution in [3.63, 3.8) is 0 Å². The summed E-state index contributed by atoms with van der Waals surface area (Å²) in [6, 6.07) is 13.1. The number of esters is 1. The van der Waals surface area contributed by atoms with E-state index < -0.39 is 5.97 Å². The molecule has 0 spiro atoms. The smallest absolute Gasteiger partial charge is 0.338 e. The van der Waals surface area contributed by atoms with Gasteiger partial charge in [0.2, 0.25) is 5.75 Å². The lowest BCUT2D eigenvalue weighted by atomic mass is 10.1. The van der Waals surface area contributed by atoms with E-state index in [1.165, 1.54) is 24.8 Å². The molecule has 28 heavy (non-hydrogen) atoms. The van der Waals surface area contributed by atoms with E-state index in [4.69, 9.17) is 18.9 Å². The monoisotopic (exact) mass is 385 g/mol. The molecule has 7 nitrogen and oxygen atoms in total. The summed E-state index contributed by atoms with van der Waals surface area (Å²) < 4.78 is 21.3. The summed E-state index contributed by atoms with van der Waals surface area (Å²) in [4.78, 5) is 24.2. The lowest BCUT2D eigenvalue weighted by Crippen LogP contribution is -2.29. The van der Waals surface area contributed by atoms with Crippen molar-refractivity contribution < 1.29 is 28.5 Å². The molecule has 0 saturated carbocycles. The van der Waals surface area contributed by atoms with Crippen LogP contribution in [0.3, 0.4) is 0 Å². The number of rotatable bonds is 8. The lowest BCUT2D eigenvalue weighted by Gasteiger charge is -2.21. The predicted octanol–water partition coefficient (Wildman–Crippen LogP) is 2.37. The van der Waals surface area contributed by atoms with Crippen molar-refractivity contribution in [3.8, 4) is 17.2 Å². The average molecular weight is 385 g/mol. The summed E-state index contributed by atoms with van der Waals surface area (Å²) in [5.41, 5.74) is 1.45. The standard InChI is InChI=1S/C21H23NO6/c1-25-17-12-16(13-18-20(17)27-11-10-26-18)21(24)28-14-19(23)22-9-5-8-15-6-3-2-4-7-15/h2-4,6-7,12-13H,5,8-11,14H2,1H3,(H,22,23). The second-order valence-corrected chi connectivity index (χ2v) is 6.22. The first-order valence-electron chi connectivity index (χ1n) is 9.13. The van der Waals surface area contributed by atoms with Gasteiger partial charge in [0.1, 0.15) is 13.2 Å². The molecule has 1 aliphatic rings. The molecule has 2 aromatic carbocycles. The SMILES string of the molecule is COc1cc(C(=O)OCC(=O)NCCCc2ccccc2)cc2c1OCCO2. The van der Waals surface area contributed by atoms with Crippen molar-refractivity contribution >= 4 is 11.9 Å². The topological polar surface area (TPSA) is 83.1 Å². The minimum atomic E-state index is -0.630. The zero-order valence-electron chi connectivity index (χ0n) is 15.7. The molecule has 148 valence electrons. The van der Waals surface area contributed by atoms with E-state index in [0.717, 1.165) is 12.8 Å². The summed E-state index contributed by atoms with van der Waals surface area (Å²) >= 11 is 0. The van der Waals surface area contributed by atoms with Gasteiger partial charge < -0.3 is 24.3 Å². The largest absolute Gasteiger partial charge is 0.493 e. The Morgan fingerprint density at radius 3 is 2.68 bits per heavy atom. The highest BCUT2D eigenvalue weighted by atomic mass is 16.6. The van der Waals surface area contributed by atoms with E-state index in [-0.39, 0.29) is 18.1 Å². The van der Waals surface area contributed by atoms with Crippen LogP contribution in [0.1, 0.15) is 22.3 Å². The van der Waals surface area contributed by atoms with Crippen LogP contribution in [0.5, 0.6) is 17.2 Å². The lowest BCUT2D eigenvalue weighted by molar-refractivity contribution is -0.124. The summed E-state index contributed by atoms with van der Waals surface area (Å²) in [5.74, 6) is 0.291. The van der Waals surface area contributed by atoms with Crippen molar-refractivity contribution in [2.24, 2.45) is 0 Å². The van der Waals surface area contributed by atoms with Crippen LogP contribution >= 0.6 is 0 Å². The van der Waals surface area contributed by atoms with E-state index in [9.17, 15) is 9.59 Å². The average Bonchev–Trinajstić information content (AvgIpc) is 2.75. The second-order valence-electron chi connectivity index (χ2n) is 6.22. The summed E-state index contributed by atoms with van der Waals surface area (Å²) in [5, 5.41) is 2.75. The molecule has 0 fully saturated rings. The molecule has 0 aliphatic carbocycles. The third-order valence-corrected chi connectivity index (χ3v) is 4.21. The number of methoxy groups -OCH3 is 1. The maximum absolute atomic E-state index is 12.3.